The van der Waals surface area contributed by atoms with Crippen LogP contribution in [0.1, 0.15) is 6.92 Å². The van der Waals surface area contributed by atoms with E-state index in [1.54, 1.807) is 12.1 Å². The molecule has 0 fully saturated rings. The molecule has 0 saturated carbocycles. The maximum absolute atomic E-state index is 5.98. The predicted molar refractivity (Wildman–Crippen MR) is 74.7 cm³/mol. The van der Waals surface area contributed by atoms with Crippen molar-refractivity contribution in [3.8, 4) is 5.75 Å². The minimum absolute atomic E-state index is 0.369. The van der Waals surface area contributed by atoms with Gasteiger partial charge in [-0.05, 0) is 24.3 Å². The van der Waals surface area contributed by atoms with Gasteiger partial charge in [0.15, 0.2) is 5.75 Å². The van der Waals surface area contributed by atoms with Crippen molar-refractivity contribution in [2.24, 2.45) is 0 Å². The SMILES string of the molecule is C=C(CNCC)COc1c(Cl)cc(Cl)cc1Cl. The van der Waals surface area contributed by atoms with Crippen molar-refractivity contribution < 1.29 is 4.74 Å². The summed E-state index contributed by atoms with van der Waals surface area (Å²) >= 11 is 17.8. The van der Waals surface area contributed by atoms with Gasteiger partial charge in [-0.3, -0.25) is 0 Å². The molecule has 5 heteroatoms. The molecule has 0 aliphatic carbocycles. The molecule has 0 heterocycles. The quantitative estimate of drug-likeness (QED) is 0.794. The van der Waals surface area contributed by atoms with Gasteiger partial charge in [-0.2, -0.15) is 0 Å². The Balaban J connectivity index is 2.60. The highest BCUT2D eigenvalue weighted by Gasteiger charge is 2.09. The Bertz CT molecular complexity index is 384. The number of halogens is 3. The highest BCUT2D eigenvalue weighted by atomic mass is 35.5. The smallest absolute Gasteiger partial charge is 0.157 e. The van der Waals surface area contributed by atoms with E-state index >= 15 is 0 Å². The second-order valence-electron chi connectivity index (χ2n) is 3.52. The van der Waals surface area contributed by atoms with E-state index in [1.807, 2.05) is 6.92 Å². The first-order valence-electron chi connectivity index (χ1n) is 5.19. The fourth-order valence-electron chi connectivity index (χ4n) is 1.19. The van der Waals surface area contributed by atoms with Crippen molar-refractivity contribution in [2.75, 3.05) is 19.7 Å². The van der Waals surface area contributed by atoms with Crippen molar-refractivity contribution >= 4 is 34.8 Å². The molecule has 0 atom stereocenters. The molecule has 1 N–H and O–H groups in total. The zero-order valence-electron chi connectivity index (χ0n) is 9.53. The standard InChI is InChI=1S/C12H14Cl3NO/c1-3-16-6-8(2)7-17-12-10(14)4-9(13)5-11(12)15/h4-5,16H,2-3,6-7H2,1H3. The number of likely N-dealkylation sites (N-methyl/N-ethyl adjacent to an activating group) is 1. The molecule has 0 unspecified atom stereocenters. The lowest BCUT2D eigenvalue weighted by molar-refractivity contribution is 0.349. The number of rotatable bonds is 6. The summed E-state index contributed by atoms with van der Waals surface area (Å²) in [7, 11) is 0. The summed E-state index contributed by atoms with van der Waals surface area (Å²) in [5.41, 5.74) is 0.925. The summed E-state index contributed by atoms with van der Waals surface area (Å²) < 4.78 is 5.52. The molecule has 0 spiro atoms. The van der Waals surface area contributed by atoms with Crippen molar-refractivity contribution in [3.05, 3.63) is 39.4 Å². The van der Waals surface area contributed by atoms with E-state index in [0.29, 0.717) is 34.0 Å². The maximum Gasteiger partial charge on any atom is 0.157 e. The first kappa shape index (κ1) is 14.7. The van der Waals surface area contributed by atoms with Gasteiger partial charge in [0.05, 0.1) is 10.0 Å². The van der Waals surface area contributed by atoms with Crippen LogP contribution in [0.25, 0.3) is 0 Å². The molecular formula is C12H14Cl3NO. The van der Waals surface area contributed by atoms with E-state index in [0.717, 1.165) is 12.1 Å². The van der Waals surface area contributed by atoms with Crippen LogP contribution < -0.4 is 10.1 Å². The number of ether oxygens (including phenoxy) is 1. The Morgan fingerprint density at radius 1 is 1.29 bits per heavy atom. The zero-order valence-corrected chi connectivity index (χ0v) is 11.8. The third-order valence-electron chi connectivity index (χ3n) is 2.01. The third-order valence-corrected chi connectivity index (χ3v) is 2.79. The minimum Gasteiger partial charge on any atom is -0.486 e. The van der Waals surface area contributed by atoms with Crippen molar-refractivity contribution in [1.82, 2.24) is 5.32 Å². The molecule has 0 amide bonds. The van der Waals surface area contributed by atoms with Gasteiger partial charge in [-0.25, -0.2) is 0 Å². The minimum atomic E-state index is 0.369. The molecule has 0 saturated heterocycles. The Morgan fingerprint density at radius 2 is 1.88 bits per heavy atom. The Labute approximate surface area is 117 Å². The van der Waals surface area contributed by atoms with E-state index in [4.69, 9.17) is 39.5 Å². The normalized spacial score (nSPS) is 10.4. The second-order valence-corrected chi connectivity index (χ2v) is 4.77. The molecule has 2 nitrogen and oxygen atoms in total. The van der Waals surface area contributed by atoms with Gasteiger partial charge < -0.3 is 10.1 Å². The van der Waals surface area contributed by atoms with Crippen LogP contribution in [0.15, 0.2) is 24.3 Å². The summed E-state index contributed by atoms with van der Waals surface area (Å²) in [5.74, 6) is 0.440. The monoisotopic (exact) mass is 293 g/mol. The van der Waals surface area contributed by atoms with Gasteiger partial charge in [0.25, 0.3) is 0 Å². The first-order chi connectivity index (χ1) is 8.04. The lowest BCUT2D eigenvalue weighted by Crippen LogP contribution is -2.18. The fourth-order valence-corrected chi connectivity index (χ4v) is 2.12. The molecule has 0 aromatic heterocycles. The second kappa shape index (κ2) is 7.12. The first-order valence-corrected chi connectivity index (χ1v) is 6.32. The topological polar surface area (TPSA) is 21.3 Å². The summed E-state index contributed by atoms with van der Waals surface area (Å²) in [6.45, 7) is 7.88. The van der Waals surface area contributed by atoms with E-state index in [2.05, 4.69) is 11.9 Å². The van der Waals surface area contributed by atoms with Gasteiger partial charge in [0, 0.05) is 11.6 Å². The third kappa shape index (κ3) is 4.76. The highest BCUT2D eigenvalue weighted by Crippen LogP contribution is 2.35. The van der Waals surface area contributed by atoms with E-state index in [1.165, 1.54) is 0 Å². The van der Waals surface area contributed by atoms with Crippen LogP contribution >= 0.6 is 34.8 Å². The molecule has 17 heavy (non-hydrogen) atoms. The summed E-state index contributed by atoms with van der Waals surface area (Å²) in [5, 5.41) is 4.44. The summed E-state index contributed by atoms with van der Waals surface area (Å²) in [6, 6.07) is 3.19. The van der Waals surface area contributed by atoms with Gasteiger partial charge >= 0.3 is 0 Å². The van der Waals surface area contributed by atoms with Crippen LogP contribution in [0.5, 0.6) is 5.75 Å². The maximum atomic E-state index is 5.98. The van der Waals surface area contributed by atoms with Crippen LogP contribution in [0.2, 0.25) is 15.1 Å². The lowest BCUT2D eigenvalue weighted by Gasteiger charge is -2.12. The van der Waals surface area contributed by atoms with Crippen molar-refractivity contribution in [1.29, 1.82) is 0 Å². The zero-order chi connectivity index (χ0) is 12.8. The van der Waals surface area contributed by atoms with Crippen LogP contribution in [0.3, 0.4) is 0 Å². The molecule has 0 aliphatic rings. The number of benzene rings is 1. The molecule has 1 aromatic carbocycles. The Hall–Kier alpha value is -0.410. The average Bonchev–Trinajstić information content (AvgIpc) is 2.24. The van der Waals surface area contributed by atoms with Gasteiger partial charge in [-0.1, -0.05) is 48.3 Å². The molecule has 1 rings (SSSR count). The van der Waals surface area contributed by atoms with Gasteiger partial charge in [-0.15, -0.1) is 0 Å². The fraction of sp³-hybridized carbons (Fsp3) is 0.333. The van der Waals surface area contributed by atoms with E-state index in [-0.39, 0.29) is 0 Å². The molecule has 0 aliphatic heterocycles. The Morgan fingerprint density at radius 3 is 2.41 bits per heavy atom. The molecular weight excluding hydrogens is 280 g/mol. The van der Waals surface area contributed by atoms with Crippen molar-refractivity contribution in [2.45, 2.75) is 6.92 Å². The highest BCUT2D eigenvalue weighted by molar-refractivity contribution is 6.40. The van der Waals surface area contributed by atoms with Gasteiger partial charge in [0.2, 0.25) is 0 Å². The Kier molecular flexibility index (Phi) is 6.14. The predicted octanol–water partition coefficient (Wildman–Crippen LogP) is 4.19. The van der Waals surface area contributed by atoms with Crippen LogP contribution in [0, 0.1) is 0 Å². The van der Waals surface area contributed by atoms with Crippen LogP contribution in [0.4, 0.5) is 0 Å². The van der Waals surface area contributed by atoms with Crippen LogP contribution in [-0.4, -0.2) is 19.7 Å². The van der Waals surface area contributed by atoms with Gasteiger partial charge in [0.1, 0.15) is 6.61 Å². The van der Waals surface area contributed by atoms with E-state index < -0.39 is 0 Å². The summed E-state index contributed by atoms with van der Waals surface area (Å²) in [4.78, 5) is 0. The molecule has 1 aromatic rings. The number of nitrogens with one attached hydrogen (secondary N) is 1. The van der Waals surface area contributed by atoms with Crippen molar-refractivity contribution in [3.63, 3.8) is 0 Å². The van der Waals surface area contributed by atoms with E-state index in [9.17, 15) is 0 Å². The number of hydrogen-bond donors (Lipinski definition) is 1. The lowest BCUT2D eigenvalue weighted by atomic mass is 10.3. The molecule has 0 bridgehead atoms. The average molecular weight is 295 g/mol. The molecule has 94 valence electrons. The number of hydrogen-bond acceptors (Lipinski definition) is 2. The largest absolute Gasteiger partial charge is 0.486 e. The molecule has 0 radical (unpaired) electrons. The summed E-state index contributed by atoms with van der Waals surface area (Å²) in [6.07, 6.45) is 0. The van der Waals surface area contributed by atoms with Crippen LogP contribution in [-0.2, 0) is 0 Å².